The minimum atomic E-state index is -0.244. The molecule has 0 aliphatic carbocycles. The number of nitrogens with two attached hydrogens (primary N) is 1. The smallest absolute Gasteiger partial charge is 0.105 e. The summed E-state index contributed by atoms with van der Waals surface area (Å²) in [6, 6.07) is -0.0828. The van der Waals surface area contributed by atoms with Crippen LogP contribution in [0.25, 0.3) is 0 Å². The zero-order chi connectivity index (χ0) is 10.6. The first kappa shape index (κ1) is 11.9. The SMILES string of the molecule is CC(C)CC(N)C(CO)OC1COC1. The normalized spacial score (nSPS) is 22.1. The molecule has 0 radical (unpaired) electrons. The monoisotopic (exact) mass is 203 g/mol. The van der Waals surface area contributed by atoms with Crippen LogP contribution in [0.1, 0.15) is 20.3 Å². The highest BCUT2D eigenvalue weighted by molar-refractivity contribution is 4.77. The first-order valence-electron chi connectivity index (χ1n) is 5.23. The van der Waals surface area contributed by atoms with Crippen molar-refractivity contribution in [3.63, 3.8) is 0 Å². The molecule has 0 aromatic carbocycles. The van der Waals surface area contributed by atoms with Crippen LogP contribution < -0.4 is 5.73 Å². The van der Waals surface area contributed by atoms with Crippen LogP contribution in [0, 0.1) is 5.92 Å². The molecule has 1 rings (SSSR count). The van der Waals surface area contributed by atoms with E-state index in [1.54, 1.807) is 0 Å². The van der Waals surface area contributed by atoms with E-state index >= 15 is 0 Å². The third kappa shape index (κ3) is 3.53. The van der Waals surface area contributed by atoms with Crippen molar-refractivity contribution >= 4 is 0 Å². The van der Waals surface area contributed by atoms with Crippen molar-refractivity contribution < 1.29 is 14.6 Å². The van der Waals surface area contributed by atoms with Crippen molar-refractivity contribution in [2.24, 2.45) is 11.7 Å². The molecule has 1 fully saturated rings. The molecular weight excluding hydrogens is 182 g/mol. The molecule has 1 aliphatic rings. The summed E-state index contributed by atoms with van der Waals surface area (Å²) in [6.45, 7) is 5.47. The number of ether oxygens (including phenoxy) is 2. The van der Waals surface area contributed by atoms with Gasteiger partial charge < -0.3 is 20.3 Å². The lowest BCUT2D eigenvalue weighted by Crippen LogP contribution is -2.47. The van der Waals surface area contributed by atoms with E-state index in [9.17, 15) is 0 Å². The largest absolute Gasteiger partial charge is 0.394 e. The van der Waals surface area contributed by atoms with Gasteiger partial charge >= 0.3 is 0 Å². The van der Waals surface area contributed by atoms with Crippen molar-refractivity contribution in [2.45, 2.75) is 38.5 Å². The molecule has 0 amide bonds. The van der Waals surface area contributed by atoms with Crippen molar-refractivity contribution in [1.29, 1.82) is 0 Å². The van der Waals surface area contributed by atoms with Gasteiger partial charge in [0, 0.05) is 6.04 Å². The average molecular weight is 203 g/mol. The second kappa shape index (κ2) is 5.66. The van der Waals surface area contributed by atoms with E-state index < -0.39 is 0 Å². The second-order valence-electron chi connectivity index (χ2n) is 4.31. The highest BCUT2D eigenvalue weighted by Gasteiger charge is 2.26. The molecule has 1 heterocycles. The van der Waals surface area contributed by atoms with Gasteiger partial charge in [0.2, 0.25) is 0 Å². The summed E-state index contributed by atoms with van der Waals surface area (Å²) in [5.41, 5.74) is 5.93. The van der Waals surface area contributed by atoms with E-state index in [0.29, 0.717) is 19.1 Å². The summed E-state index contributed by atoms with van der Waals surface area (Å²) in [5, 5.41) is 9.13. The van der Waals surface area contributed by atoms with Crippen LogP contribution >= 0.6 is 0 Å². The topological polar surface area (TPSA) is 64.7 Å². The maximum atomic E-state index is 9.13. The van der Waals surface area contributed by atoms with E-state index in [1.807, 2.05) is 0 Å². The summed E-state index contributed by atoms with van der Waals surface area (Å²) in [5.74, 6) is 0.528. The van der Waals surface area contributed by atoms with Crippen molar-refractivity contribution in [2.75, 3.05) is 19.8 Å². The Morgan fingerprint density at radius 1 is 1.50 bits per heavy atom. The lowest BCUT2D eigenvalue weighted by atomic mass is 10.00. The van der Waals surface area contributed by atoms with Gasteiger partial charge in [-0.15, -0.1) is 0 Å². The molecule has 0 saturated carbocycles. The number of hydrogen-bond acceptors (Lipinski definition) is 4. The molecule has 0 aromatic rings. The molecule has 4 nitrogen and oxygen atoms in total. The fourth-order valence-electron chi connectivity index (χ4n) is 1.52. The van der Waals surface area contributed by atoms with Gasteiger partial charge in [-0.25, -0.2) is 0 Å². The summed E-state index contributed by atoms with van der Waals surface area (Å²) in [4.78, 5) is 0. The number of aliphatic hydroxyl groups excluding tert-OH is 1. The van der Waals surface area contributed by atoms with E-state index in [-0.39, 0.29) is 24.9 Å². The summed E-state index contributed by atoms with van der Waals surface area (Å²) in [7, 11) is 0. The van der Waals surface area contributed by atoms with Crippen molar-refractivity contribution in [3.05, 3.63) is 0 Å². The molecule has 1 aliphatic heterocycles. The predicted molar refractivity (Wildman–Crippen MR) is 54.0 cm³/mol. The van der Waals surface area contributed by atoms with Crippen LogP contribution in [0.4, 0.5) is 0 Å². The van der Waals surface area contributed by atoms with Gasteiger partial charge in [-0.3, -0.25) is 0 Å². The van der Waals surface area contributed by atoms with Crippen LogP contribution in [0.15, 0.2) is 0 Å². The Labute approximate surface area is 85.4 Å². The van der Waals surface area contributed by atoms with Gasteiger partial charge in [-0.05, 0) is 12.3 Å². The minimum Gasteiger partial charge on any atom is -0.394 e. The predicted octanol–water partition coefficient (Wildman–Crippen LogP) is 0.136. The Hall–Kier alpha value is -0.160. The first-order valence-corrected chi connectivity index (χ1v) is 5.23. The Balaban J connectivity index is 2.27. The Kier molecular flexibility index (Phi) is 4.81. The molecule has 0 bridgehead atoms. The van der Waals surface area contributed by atoms with Crippen LogP contribution in [-0.4, -0.2) is 43.2 Å². The lowest BCUT2D eigenvalue weighted by molar-refractivity contribution is -0.167. The third-order valence-electron chi connectivity index (χ3n) is 2.38. The zero-order valence-corrected chi connectivity index (χ0v) is 8.98. The van der Waals surface area contributed by atoms with Gasteiger partial charge in [0.15, 0.2) is 0 Å². The first-order chi connectivity index (χ1) is 6.63. The van der Waals surface area contributed by atoms with E-state index in [1.165, 1.54) is 0 Å². The van der Waals surface area contributed by atoms with Gasteiger partial charge in [0.1, 0.15) is 6.10 Å². The standard InChI is InChI=1S/C10H21NO3/c1-7(2)3-9(11)10(4-12)14-8-5-13-6-8/h7-10,12H,3-6,11H2,1-2H3. The molecule has 84 valence electrons. The average Bonchev–Trinajstić information content (AvgIpc) is 2.01. The lowest BCUT2D eigenvalue weighted by Gasteiger charge is -2.32. The zero-order valence-electron chi connectivity index (χ0n) is 8.98. The van der Waals surface area contributed by atoms with Gasteiger partial charge in [0.25, 0.3) is 0 Å². The molecular formula is C10H21NO3. The summed E-state index contributed by atoms with van der Waals surface area (Å²) < 4.78 is 10.6. The number of hydrogen-bond donors (Lipinski definition) is 2. The maximum absolute atomic E-state index is 9.13. The number of aliphatic hydroxyl groups is 1. The Morgan fingerprint density at radius 3 is 2.50 bits per heavy atom. The van der Waals surface area contributed by atoms with E-state index in [4.69, 9.17) is 20.3 Å². The van der Waals surface area contributed by atoms with Crippen LogP contribution in [0.3, 0.4) is 0 Å². The molecule has 2 atom stereocenters. The van der Waals surface area contributed by atoms with Crippen LogP contribution in [-0.2, 0) is 9.47 Å². The molecule has 2 unspecified atom stereocenters. The molecule has 3 N–H and O–H groups in total. The van der Waals surface area contributed by atoms with Gasteiger partial charge in [-0.2, -0.15) is 0 Å². The Morgan fingerprint density at radius 2 is 2.14 bits per heavy atom. The van der Waals surface area contributed by atoms with Crippen molar-refractivity contribution in [1.82, 2.24) is 0 Å². The van der Waals surface area contributed by atoms with E-state index in [2.05, 4.69) is 13.8 Å². The minimum absolute atomic E-state index is 0.00954. The van der Waals surface area contributed by atoms with E-state index in [0.717, 1.165) is 6.42 Å². The van der Waals surface area contributed by atoms with Gasteiger partial charge in [-0.1, -0.05) is 13.8 Å². The number of rotatable bonds is 6. The maximum Gasteiger partial charge on any atom is 0.105 e. The Bertz CT molecular complexity index is 159. The second-order valence-corrected chi connectivity index (χ2v) is 4.31. The molecule has 14 heavy (non-hydrogen) atoms. The van der Waals surface area contributed by atoms with Crippen LogP contribution in [0.2, 0.25) is 0 Å². The molecule has 1 saturated heterocycles. The highest BCUT2D eigenvalue weighted by atomic mass is 16.6. The summed E-state index contributed by atoms with van der Waals surface area (Å²) in [6.07, 6.45) is 0.760. The quantitative estimate of drug-likeness (QED) is 0.644. The fraction of sp³-hybridized carbons (Fsp3) is 1.00. The van der Waals surface area contributed by atoms with Gasteiger partial charge in [0.05, 0.1) is 25.9 Å². The molecule has 4 heteroatoms. The fourth-order valence-corrected chi connectivity index (χ4v) is 1.52. The molecule has 0 spiro atoms. The summed E-state index contributed by atoms with van der Waals surface area (Å²) >= 11 is 0. The van der Waals surface area contributed by atoms with Crippen LogP contribution in [0.5, 0.6) is 0 Å². The molecule has 0 aromatic heterocycles. The van der Waals surface area contributed by atoms with Crippen molar-refractivity contribution in [3.8, 4) is 0 Å². The third-order valence-corrected chi connectivity index (χ3v) is 2.38. The highest BCUT2D eigenvalue weighted by Crippen LogP contribution is 2.14.